The minimum absolute atomic E-state index is 0.390. The van der Waals surface area contributed by atoms with Crippen LogP contribution in [0.4, 0.5) is 0 Å². The standard InChI is InChI=1S/C13H16BrNOS/c14-9-3-6-13-11(8-9)12(15-10-4-5-10)2-1-7-17(13)16/h3,6,8,10,12,15H,1-2,4-5,7H2. The first-order chi connectivity index (χ1) is 8.24. The maximum atomic E-state index is 12.1. The molecule has 4 heteroatoms. The number of rotatable bonds is 2. The lowest BCUT2D eigenvalue weighted by Crippen LogP contribution is -2.23. The third-order valence-electron chi connectivity index (χ3n) is 3.43. The van der Waals surface area contributed by atoms with Gasteiger partial charge < -0.3 is 5.32 Å². The number of halogens is 1. The molecule has 17 heavy (non-hydrogen) atoms. The summed E-state index contributed by atoms with van der Waals surface area (Å²) in [4.78, 5) is 1.03. The van der Waals surface area contributed by atoms with Crippen LogP contribution >= 0.6 is 15.9 Å². The second-order valence-electron chi connectivity index (χ2n) is 4.87. The monoisotopic (exact) mass is 313 g/mol. The molecule has 92 valence electrons. The normalized spacial score (nSPS) is 28.5. The van der Waals surface area contributed by atoms with E-state index in [4.69, 9.17) is 0 Å². The van der Waals surface area contributed by atoms with E-state index in [0.717, 1.165) is 28.0 Å². The Morgan fingerprint density at radius 2 is 2.12 bits per heavy atom. The second kappa shape index (κ2) is 4.82. The van der Waals surface area contributed by atoms with Crippen LogP contribution in [0.15, 0.2) is 27.6 Å². The molecule has 2 aliphatic rings. The smallest absolute Gasteiger partial charge is 0.0532 e. The molecule has 0 amide bonds. The molecule has 1 aliphatic carbocycles. The first-order valence-corrected chi connectivity index (χ1v) is 8.29. The Bertz CT molecular complexity index is 459. The molecule has 1 fully saturated rings. The van der Waals surface area contributed by atoms with Crippen LogP contribution in [0.25, 0.3) is 0 Å². The van der Waals surface area contributed by atoms with Gasteiger partial charge in [-0.05, 0) is 49.4 Å². The van der Waals surface area contributed by atoms with Gasteiger partial charge in [0.1, 0.15) is 0 Å². The van der Waals surface area contributed by atoms with Gasteiger partial charge in [0.25, 0.3) is 0 Å². The van der Waals surface area contributed by atoms with Crippen LogP contribution in [0.1, 0.15) is 37.3 Å². The van der Waals surface area contributed by atoms with E-state index in [0.29, 0.717) is 12.1 Å². The van der Waals surface area contributed by atoms with Crippen molar-refractivity contribution < 1.29 is 4.21 Å². The zero-order valence-corrected chi connectivity index (χ0v) is 12.0. The van der Waals surface area contributed by atoms with Crippen molar-refractivity contribution in [2.24, 2.45) is 0 Å². The lowest BCUT2D eigenvalue weighted by atomic mass is 10.0. The molecule has 2 atom stereocenters. The number of nitrogens with one attached hydrogen (secondary N) is 1. The van der Waals surface area contributed by atoms with Gasteiger partial charge in [-0.2, -0.15) is 0 Å². The van der Waals surface area contributed by atoms with Gasteiger partial charge in [-0.15, -0.1) is 0 Å². The molecule has 3 rings (SSSR count). The fourth-order valence-electron chi connectivity index (χ4n) is 2.39. The molecule has 1 aromatic rings. The summed E-state index contributed by atoms with van der Waals surface area (Å²) >= 11 is 3.52. The molecule has 1 saturated carbocycles. The van der Waals surface area contributed by atoms with E-state index in [1.54, 1.807) is 0 Å². The summed E-state index contributed by atoms with van der Waals surface area (Å²) in [5.41, 5.74) is 1.24. The van der Waals surface area contributed by atoms with E-state index >= 15 is 0 Å². The van der Waals surface area contributed by atoms with Crippen molar-refractivity contribution >= 4 is 26.7 Å². The Morgan fingerprint density at radius 3 is 2.88 bits per heavy atom. The number of hydrogen-bond acceptors (Lipinski definition) is 2. The highest BCUT2D eigenvalue weighted by molar-refractivity contribution is 9.10. The van der Waals surface area contributed by atoms with Crippen LogP contribution in [0, 0.1) is 0 Å². The fourth-order valence-corrected chi connectivity index (χ4v) is 4.10. The molecule has 0 saturated heterocycles. The van der Waals surface area contributed by atoms with Gasteiger partial charge in [0.2, 0.25) is 0 Å². The third kappa shape index (κ3) is 2.64. The van der Waals surface area contributed by atoms with Crippen LogP contribution in [-0.2, 0) is 10.8 Å². The molecule has 2 unspecified atom stereocenters. The fraction of sp³-hybridized carbons (Fsp3) is 0.538. The summed E-state index contributed by atoms with van der Waals surface area (Å²) in [5.74, 6) is 0.803. The molecule has 1 aliphatic heterocycles. The molecule has 0 spiro atoms. The summed E-state index contributed by atoms with van der Waals surface area (Å²) in [5, 5.41) is 3.68. The zero-order chi connectivity index (χ0) is 11.8. The summed E-state index contributed by atoms with van der Waals surface area (Å²) in [6.07, 6.45) is 4.74. The molecule has 0 aromatic heterocycles. The van der Waals surface area contributed by atoms with Crippen molar-refractivity contribution in [1.29, 1.82) is 0 Å². The quantitative estimate of drug-likeness (QED) is 0.908. The summed E-state index contributed by atoms with van der Waals surface area (Å²) in [7, 11) is -0.817. The van der Waals surface area contributed by atoms with Crippen LogP contribution in [0.5, 0.6) is 0 Å². The Hall–Kier alpha value is -0.190. The van der Waals surface area contributed by atoms with Crippen molar-refractivity contribution in [3.63, 3.8) is 0 Å². The predicted molar refractivity (Wildman–Crippen MR) is 73.6 cm³/mol. The molecule has 1 aromatic carbocycles. The van der Waals surface area contributed by atoms with Gasteiger partial charge >= 0.3 is 0 Å². The third-order valence-corrected chi connectivity index (χ3v) is 5.44. The van der Waals surface area contributed by atoms with E-state index < -0.39 is 10.8 Å². The minimum atomic E-state index is -0.817. The Morgan fingerprint density at radius 1 is 1.29 bits per heavy atom. The molecule has 1 heterocycles. The lowest BCUT2D eigenvalue weighted by Gasteiger charge is -2.18. The predicted octanol–water partition coefficient (Wildman–Crippen LogP) is 3.14. The number of benzene rings is 1. The molecule has 0 radical (unpaired) electrons. The van der Waals surface area contributed by atoms with E-state index in [-0.39, 0.29) is 0 Å². The van der Waals surface area contributed by atoms with Crippen LogP contribution in [-0.4, -0.2) is 16.0 Å². The van der Waals surface area contributed by atoms with Crippen molar-refractivity contribution in [3.05, 3.63) is 28.2 Å². The molecule has 2 nitrogen and oxygen atoms in total. The average Bonchev–Trinajstić information content (AvgIpc) is 3.11. The highest BCUT2D eigenvalue weighted by Gasteiger charge is 2.29. The SMILES string of the molecule is O=S1CCCC(NC2CC2)c2cc(Br)ccc21. The first-order valence-electron chi connectivity index (χ1n) is 6.18. The number of fused-ring (bicyclic) bond motifs is 1. The van der Waals surface area contributed by atoms with Crippen molar-refractivity contribution in [2.75, 3.05) is 5.75 Å². The van der Waals surface area contributed by atoms with Crippen molar-refractivity contribution in [2.45, 2.75) is 42.7 Å². The maximum absolute atomic E-state index is 12.1. The maximum Gasteiger partial charge on any atom is 0.0532 e. The van der Waals surface area contributed by atoms with Crippen molar-refractivity contribution in [1.82, 2.24) is 5.32 Å². The van der Waals surface area contributed by atoms with Crippen LogP contribution < -0.4 is 5.32 Å². The van der Waals surface area contributed by atoms with Gasteiger partial charge in [-0.25, -0.2) is 0 Å². The molecule has 1 N–H and O–H groups in total. The molecular weight excluding hydrogens is 298 g/mol. The molecule has 0 bridgehead atoms. The second-order valence-corrected chi connectivity index (χ2v) is 7.32. The zero-order valence-electron chi connectivity index (χ0n) is 9.62. The van der Waals surface area contributed by atoms with Gasteiger partial charge in [0.05, 0.1) is 10.8 Å². The topological polar surface area (TPSA) is 29.1 Å². The Balaban J connectivity index is 1.98. The van der Waals surface area contributed by atoms with Gasteiger partial charge in [-0.1, -0.05) is 15.9 Å². The van der Waals surface area contributed by atoms with E-state index in [9.17, 15) is 4.21 Å². The van der Waals surface area contributed by atoms with E-state index in [2.05, 4.69) is 27.3 Å². The highest BCUT2D eigenvalue weighted by Crippen LogP contribution is 2.34. The number of hydrogen-bond donors (Lipinski definition) is 1. The lowest BCUT2D eigenvalue weighted by molar-refractivity contribution is 0.490. The summed E-state index contributed by atoms with van der Waals surface area (Å²) in [6, 6.07) is 7.23. The summed E-state index contributed by atoms with van der Waals surface area (Å²) in [6.45, 7) is 0. The Labute approximate surface area is 113 Å². The summed E-state index contributed by atoms with van der Waals surface area (Å²) < 4.78 is 13.2. The molecular formula is C13H16BrNOS. The first kappa shape index (κ1) is 11.9. The minimum Gasteiger partial charge on any atom is -0.307 e. The van der Waals surface area contributed by atoms with Gasteiger partial charge in [0.15, 0.2) is 0 Å². The van der Waals surface area contributed by atoms with E-state index in [1.807, 2.05) is 12.1 Å². The largest absolute Gasteiger partial charge is 0.307 e. The van der Waals surface area contributed by atoms with Crippen LogP contribution in [0.2, 0.25) is 0 Å². The average molecular weight is 314 g/mol. The van der Waals surface area contributed by atoms with Gasteiger partial charge in [-0.3, -0.25) is 4.21 Å². The van der Waals surface area contributed by atoms with Crippen molar-refractivity contribution in [3.8, 4) is 0 Å². The highest BCUT2D eigenvalue weighted by atomic mass is 79.9. The Kier molecular flexibility index (Phi) is 3.37. The van der Waals surface area contributed by atoms with E-state index in [1.165, 1.54) is 18.4 Å². The van der Waals surface area contributed by atoms with Gasteiger partial charge in [0, 0.05) is 27.2 Å². The van der Waals surface area contributed by atoms with Crippen LogP contribution in [0.3, 0.4) is 0 Å².